The van der Waals surface area contributed by atoms with Crippen molar-refractivity contribution in [2.75, 3.05) is 13.7 Å². The zero-order valence-corrected chi connectivity index (χ0v) is 14.4. The number of carbonyl (C=O) groups is 1. The molecular weight excluding hydrogens is 280 g/mol. The number of hydrogen-bond acceptors (Lipinski definition) is 4. The highest BCUT2D eigenvalue weighted by Gasteiger charge is 2.17. The molecule has 5 heteroatoms. The number of alkyl carbamates (subject to hydrolysis) is 1. The van der Waals surface area contributed by atoms with Crippen LogP contribution in [0.4, 0.5) is 4.79 Å². The van der Waals surface area contributed by atoms with E-state index in [1.54, 1.807) is 7.11 Å². The van der Waals surface area contributed by atoms with Crippen LogP contribution in [0.2, 0.25) is 0 Å². The lowest BCUT2D eigenvalue weighted by molar-refractivity contribution is 0.0522. The van der Waals surface area contributed by atoms with E-state index in [1.807, 2.05) is 52.0 Å². The van der Waals surface area contributed by atoms with Crippen LogP contribution in [0.5, 0.6) is 5.75 Å². The molecule has 2 N–H and O–H groups in total. The molecule has 22 heavy (non-hydrogen) atoms. The van der Waals surface area contributed by atoms with E-state index in [4.69, 9.17) is 9.47 Å². The normalized spacial score (nSPS) is 14.1. The van der Waals surface area contributed by atoms with Gasteiger partial charge in [0.25, 0.3) is 0 Å². The summed E-state index contributed by atoms with van der Waals surface area (Å²) in [6.45, 7) is 10.2. The second-order valence-corrected chi connectivity index (χ2v) is 6.45. The Morgan fingerprint density at radius 3 is 2.27 bits per heavy atom. The highest BCUT2D eigenvalue weighted by atomic mass is 16.6. The lowest BCUT2D eigenvalue weighted by atomic mass is 10.1. The summed E-state index contributed by atoms with van der Waals surface area (Å²) in [6, 6.07) is 8.26. The number of methoxy groups -OCH3 is 1. The summed E-state index contributed by atoms with van der Waals surface area (Å²) in [6.07, 6.45) is -0.391. The molecule has 1 amide bonds. The smallest absolute Gasteiger partial charge is 0.407 e. The van der Waals surface area contributed by atoms with E-state index in [9.17, 15) is 4.79 Å². The fourth-order valence-corrected chi connectivity index (χ4v) is 2.03. The lowest BCUT2D eigenvalue weighted by Gasteiger charge is -2.23. The second-order valence-electron chi connectivity index (χ2n) is 6.45. The Bertz CT molecular complexity index is 466. The average Bonchev–Trinajstić information content (AvgIpc) is 2.43. The van der Waals surface area contributed by atoms with E-state index in [1.165, 1.54) is 5.56 Å². The van der Waals surface area contributed by atoms with Crippen molar-refractivity contribution in [1.82, 2.24) is 10.6 Å². The first-order valence-corrected chi connectivity index (χ1v) is 7.58. The number of hydrogen-bond donors (Lipinski definition) is 2. The van der Waals surface area contributed by atoms with E-state index >= 15 is 0 Å². The fourth-order valence-electron chi connectivity index (χ4n) is 2.03. The Morgan fingerprint density at radius 2 is 1.77 bits per heavy atom. The molecule has 0 fully saturated rings. The van der Waals surface area contributed by atoms with E-state index in [0.717, 1.165) is 5.75 Å². The van der Waals surface area contributed by atoms with Gasteiger partial charge in [-0.2, -0.15) is 0 Å². The summed E-state index contributed by atoms with van der Waals surface area (Å²) >= 11 is 0. The summed E-state index contributed by atoms with van der Waals surface area (Å²) < 4.78 is 10.4. The monoisotopic (exact) mass is 308 g/mol. The van der Waals surface area contributed by atoms with Gasteiger partial charge in [0.1, 0.15) is 11.4 Å². The zero-order valence-electron chi connectivity index (χ0n) is 14.4. The summed E-state index contributed by atoms with van der Waals surface area (Å²) in [5.41, 5.74) is 0.696. The quantitative estimate of drug-likeness (QED) is 0.847. The average molecular weight is 308 g/mol. The van der Waals surface area contributed by atoms with Gasteiger partial charge in [-0.1, -0.05) is 12.1 Å². The van der Waals surface area contributed by atoms with E-state index < -0.39 is 11.7 Å². The highest BCUT2D eigenvalue weighted by Crippen LogP contribution is 2.17. The zero-order chi connectivity index (χ0) is 16.8. The van der Waals surface area contributed by atoms with Gasteiger partial charge in [-0.3, -0.25) is 0 Å². The van der Waals surface area contributed by atoms with Gasteiger partial charge < -0.3 is 20.1 Å². The van der Waals surface area contributed by atoms with E-state index in [0.29, 0.717) is 6.54 Å². The van der Waals surface area contributed by atoms with Gasteiger partial charge in [-0.15, -0.1) is 0 Å². The molecular formula is C17H28N2O3. The van der Waals surface area contributed by atoms with Gasteiger partial charge in [0.05, 0.1) is 7.11 Å². The third kappa shape index (κ3) is 6.80. The molecule has 124 valence electrons. The molecule has 1 rings (SSSR count). The molecule has 0 heterocycles. The molecule has 0 aliphatic carbocycles. The topological polar surface area (TPSA) is 59.6 Å². The summed E-state index contributed by atoms with van der Waals surface area (Å²) in [5, 5.41) is 6.21. The Morgan fingerprint density at radius 1 is 1.18 bits per heavy atom. The molecule has 0 radical (unpaired) electrons. The predicted molar refractivity (Wildman–Crippen MR) is 88.2 cm³/mol. The molecule has 2 atom stereocenters. The van der Waals surface area contributed by atoms with E-state index in [-0.39, 0.29) is 12.1 Å². The maximum Gasteiger partial charge on any atom is 0.407 e. The molecule has 1 aromatic rings. The van der Waals surface area contributed by atoms with Crippen LogP contribution < -0.4 is 15.4 Å². The maximum atomic E-state index is 11.6. The van der Waals surface area contributed by atoms with Crippen molar-refractivity contribution < 1.29 is 14.3 Å². The molecule has 1 aromatic carbocycles. The first-order valence-electron chi connectivity index (χ1n) is 7.58. The largest absolute Gasteiger partial charge is 0.497 e. The molecule has 0 aliphatic heterocycles. The first-order chi connectivity index (χ1) is 10.2. The van der Waals surface area contributed by atoms with Crippen molar-refractivity contribution in [2.24, 2.45) is 0 Å². The highest BCUT2D eigenvalue weighted by molar-refractivity contribution is 5.67. The van der Waals surface area contributed by atoms with Gasteiger partial charge in [0.15, 0.2) is 0 Å². The molecule has 0 bridgehead atoms. The van der Waals surface area contributed by atoms with E-state index in [2.05, 4.69) is 17.6 Å². The molecule has 1 unspecified atom stereocenters. The number of ether oxygens (including phenoxy) is 2. The van der Waals surface area contributed by atoms with Crippen LogP contribution in [-0.2, 0) is 4.74 Å². The van der Waals surface area contributed by atoms with Crippen LogP contribution in [-0.4, -0.2) is 31.4 Å². The van der Waals surface area contributed by atoms with Crippen LogP contribution in [0.1, 0.15) is 46.2 Å². The van der Waals surface area contributed by atoms with Crippen molar-refractivity contribution in [1.29, 1.82) is 0 Å². The van der Waals surface area contributed by atoms with Gasteiger partial charge in [0.2, 0.25) is 0 Å². The molecule has 0 aliphatic rings. The lowest BCUT2D eigenvalue weighted by Crippen LogP contribution is -2.41. The number of amides is 1. The third-order valence-corrected chi connectivity index (χ3v) is 3.10. The fraction of sp³-hybridized carbons (Fsp3) is 0.588. The minimum absolute atomic E-state index is 0.129. The van der Waals surface area contributed by atoms with Crippen LogP contribution in [0.25, 0.3) is 0 Å². The Hall–Kier alpha value is -1.75. The second kappa shape index (κ2) is 8.03. The molecule has 0 aromatic heterocycles. The Kier molecular flexibility index (Phi) is 6.68. The number of nitrogens with one attached hydrogen (secondary N) is 2. The first kappa shape index (κ1) is 18.3. The number of benzene rings is 1. The SMILES string of the molecule is COc1ccc([C@H](C)NC(C)CNC(=O)OC(C)(C)C)cc1. The maximum absolute atomic E-state index is 11.6. The van der Waals surface area contributed by atoms with Gasteiger partial charge in [-0.05, 0) is 52.3 Å². The van der Waals surface area contributed by atoms with Gasteiger partial charge >= 0.3 is 6.09 Å². The predicted octanol–water partition coefficient (Wildman–Crippen LogP) is 3.26. The Balaban J connectivity index is 2.40. The molecule has 0 saturated heterocycles. The molecule has 0 saturated carbocycles. The summed E-state index contributed by atoms with van der Waals surface area (Å²) in [5.74, 6) is 0.843. The van der Waals surface area contributed by atoms with Crippen LogP contribution in [0, 0.1) is 0 Å². The van der Waals surface area contributed by atoms with Crippen LogP contribution in [0.3, 0.4) is 0 Å². The summed E-state index contributed by atoms with van der Waals surface area (Å²) in [7, 11) is 1.65. The van der Waals surface area contributed by atoms with Gasteiger partial charge in [-0.25, -0.2) is 4.79 Å². The van der Waals surface area contributed by atoms with Crippen LogP contribution in [0.15, 0.2) is 24.3 Å². The molecule has 5 nitrogen and oxygen atoms in total. The molecule has 0 spiro atoms. The van der Waals surface area contributed by atoms with Crippen LogP contribution >= 0.6 is 0 Å². The standard InChI is InChI=1S/C17H28N2O3/c1-12(11-18-16(20)22-17(3,4)5)19-13(2)14-7-9-15(21-6)10-8-14/h7-10,12-13,19H,11H2,1-6H3,(H,18,20)/t12?,13-/m0/s1. The minimum atomic E-state index is -0.475. The van der Waals surface area contributed by atoms with Crippen molar-refractivity contribution >= 4 is 6.09 Å². The van der Waals surface area contributed by atoms with Crippen molar-refractivity contribution in [3.63, 3.8) is 0 Å². The number of rotatable bonds is 6. The van der Waals surface area contributed by atoms with Crippen molar-refractivity contribution in [3.8, 4) is 5.75 Å². The van der Waals surface area contributed by atoms with Crippen molar-refractivity contribution in [3.05, 3.63) is 29.8 Å². The van der Waals surface area contributed by atoms with Crippen molar-refractivity contribution in [2.45, 2.75) is 52.3 Å². The summed E-state index contributed by atoms with van der Waals surface area (Å²) in [4.78, 5) is 11.6. The number of carbonyl (C=O) groups excluding carboxylic acids is 1. The minimum Gasteiger partial charge on any atom is -0.497 e. The third-order valence-electron chi connectivity index (χ3n) is 3.10. The van der Waals surface area contributed by atoms with Gasteiger partial charge in [0, 0.05) is 18.6 Å². The Labute approximate surface area is 133 Å².